The lowest BCUT2D eigenvalue weighted by Crippen LogP contribution is -2.31. The molecule has 0 saturated carbocycles. The number of rotatable bonds is 1. The number of nitrogens with zero attached hydrogens (tertiary/aromatic N) is 2. The first-order valence-electron chi connectivity index (χ1n) is 5.84. The minimum absolute atomic E-state index is 0.260. The van der Waals surface area contributed by atoms with Crippen molar-refractivity contribution in [3.63, 3.8) is 0 Å². The first-order chi connectivity index (χ1) is 8.24. The van der Waals surface area contributed by atoms with E-state index in [1.165, 1.54) is 0 Å². The van der Waals surface area contributed by atoms with Gasteiger partial charge in [-0.2, -0.15) is 0 Å². The Morgan fingerprint density at radius 2 is 2.41 bits per heavy atom. The zero-order valence-electron chi connectivity index (χ0n) is 9.40. The van der Waals surface area contributed by atoms with Gasteiger partial charge in [-0.15, -0.1) is 0 Å². The number of pyridine rings is 1. The Bertz CT molecular complexity index is 498. The summed E-state index contributed by atoms with van der Waals surface area (Å²) in [5, 5.41) is 0. The van der Waals surface area contributed by atoms with Gasteiger partial charge in [-0.1, -0.05) is 0 Å². The lowest BCUT2D eigenvalue weighted by Gasteiger charge is -2.26. The van der Waals surface area contributed by atoms with Crippen LogP contribution in [-0.2, 0) is 4.79 Å². The van der Waals surface area contributed by atoms with E-state index in [4.69, 9.17) is 0 Å². The molecule has 88 valence electrons. The average molecular weight is 293 g/mol. The van der Waals surface area contributed by atoms with Crippen molar-refractivity contribution in [2.75, 3.05) is 13.1 Å². The monoisotopic (exact) mass is 292 g/mol. The predicted octanol–water partition coefficient (Wildman–Crippen LogP) is 2.48. The Morgan fingerprint density at radius 1 is 1.53 bits per heavy atom. The van der Waals surface area contributed by atoms with Gasteiger partial charge >= 0.3 is 0 Å². The molecule has 1 atom stereocenters. The Morgan fingerprint density at radius 3 is 3.24 bits per heavy atom. The molecular weight excluding hydrogens is 280 g/mol. The number of ketones is 1. The number of allylic oxidation sites excluding steroid dienone is 1. The fraction of sp³-hybridized carbons (Fsp3) is 0.385. The van der Waals surface area contributed by atoms with Crippen molar-refractivity contribution >= 4 is 27.8 Å². The van der Waals surface area contributed by atoms with Crippen molar-refractivity contribution < 1.29 is 4.79 Å². The second-order valence-corrected chi connectivity index (χ2v) is 5.48. The number of Topliss-reactive ketones (excluding diaryl/α,β-unsaturated/α-hetero) is 1. The van der Waals surface area contributed by atoms with Gasteiger partial charge in [0.1, 0.15) is 0 Å². The number of piperidine rings is 1. The van der Waals surface area contributed by atoms with E-state index < -0.39 is 0 Å². The molecule has 0 aromatic carbocycles. The summed E-state index contributed by atoms with van der Waals surface area (Å²) in [5.41, 5.74) is 1.67. The van der Waals surface area contributed by atoms with E-state index in [0.717, 1.165) is 35.4 Å². The standard InChI is InChI=1S/C13H13BrN2O/c14-10-2-1-4-15-11(10)7-12-13(17)6-9-3-5-16(12)8-9/h1-2,4,7,9H,3,5-6,8H2/b12-7-. The maximum Gasteiger partial charge on any atom is 0.179 e. The predicted molar refractivity (Wildman–Crippen MR) is 69.2 cm³/mol. The second-order valence-electron chi connectivity index (χ2n) is 4.63. The van der Waals surface area contributed by atoms with Gasteiger partial charge in [0.25, 0.3) is 0 Å². The zero-order valence-corrected chi connectivity index (χ0v) is 11.0. The third-order valence-electron chi connectivity index (χ3n) is 3.45. The molecule has 0 spiro atoms. The zero-order chi connectivity index (χ0) is 11.8. The number of carbonyl (C=O) groups is 1. The van der Waals surface area contributed by atoms with Gasteiger partial charge < -0.3 is 4.90 Å². The molecule has 3 heterocycles. The Hall–Kier alpha value is -1.16. The largest absolute Gasteiger partial charge is 0.368 e. The highest BCUT2D eigenvalue weighted by Gasteiger charge is 2.34. The van der Waals surface area contributed by atoms with E-state index >= 15 is 0 Å². The summed E-state index contributed by atoms with van der Waals surface area (Å²) in [6.07, 6.45) is 5.50. The third-order valence-corrected chi connectivity index (χ3v) is 4.12. The normalized spacial score (nSPS) is 25.7. The number of carbonyl (C=O) groups excluding carboxylic acids is 1. The number of hydrogen-bond acceptors (Lipinski definition) is 3. The van der Waals surface area contributed by atoms with E-state index in [9.17, 15) is 4.79 Å². The molecule has 2 bridgehead atoms. The van der Waals surface area contributed by atoms with Crippen molar-refractivity contribution in [1.82, 2.24) is 9.88 Å². The van der Waals surface area contributed by atoms with Gasteiger partial charge in [-0.05, 0) is 46.5 Å². The molecule has 0 aliphatic carbocycles. The van der Waals surface area contributed by atoms with Gasteiger partial charge in [0.2, 0.25) is 0 Å². The van der Waals surface area contributed by atoms with Crippen LogP contribution in [0.25, 0.3) is 6.08 Å². The smallest absolute Gasteiger partial charge is 0.179 e. The summed E-state index contributed by atoms with van der Waals surface area (Å²) in [5.74, 6) is 0.836. The summed E-state index contributed by atoms with van der Waals surface area (Å²) < 4.78 is 0.932. The highest BCUT2D eigenvalue weighted by Crippen LogP contribution is 2.32. The highest BCUT2D eigenvalue weighted by atomic mass is 79.9. The fourth-order valence-corrected chi connectivity index (χ4v) is 2.94. The lowest BCUT2D eigenvalue weighted by molar-refractivity contribution is -0.118. The molecule has 1 aromatic rings. The first-order valence-corrected chi connectivity index (χ1v) is 6.63. The molecule has 4 heteroatoms. The van der Waals surface area contributed by atoms with Gasteiger partial charge in [-0.3, -0.25) is 9.78 Å². The van der Waals surface area contributed by atoms with Crippen LogP contribution >= 0.6 is 15.9 Å². The number of aromatic nitrogens is 1. The topological polar surface area (TPSA) is 33.2 Å². The molecule has 0 N–H and O–H groups in total. The summed E-state index contributed by atoms with van der Waals surface area (Å²) in [6.45, 7) is 2.04. The van der Waals surface area contributed by atoms with Crippen LogP contribution in [-0.4, -0.2) is 28.8 Å². The molecule has 0 radical (unpaired) electrons. The van der Waals surface area contributed by atoms with Crippen LogP contribution in [0.3, 0.4) is 0 Å². The summed E-state index contributed by atoms with van der Waals surface area (Å²) >= 11 is 3.46. The highest BCUT2D eigenvalue weighted by molar-refractivity contribution is 9.10. The molecule has 0 amide bonds. The van der Waals surface area contributed by atoms with E-state index in [1.54, 1.807) is 6.20 Å². The van der Waals surface area contributed by atoms with Crippen molar-refractivity contribution in [3.8, 4) is 0 Å². The molecular formula is C13H13BrN2O. The van der Waals surface area contributed by atoms with E-state index in [1.807, 2.05) is 18.2 Å². The molecule has 2 fully saturated rings. The van der Waals surface area contributed by atoms with Crippen LogP contribution in [0.1, 0.15) is 18.5 Å². The summed E-state index contributed by atoms with van der Waals surface area (Å²) in [4.78, 5) is 18.5. The minimum Gasteiger partial charge on any atom is -0.368 e. The minimum atomic E-state index is 0.260. The Balaban J connectivity index is 1.97. The Labute approximate surface area is 109 Å². The van der Waals surface area contributed by atoms with Crippen molar-refractivity contribution in [1.29, 1.82) is 0 Å². The molecule has 3 nitrogen and oxygen atoms in total. The van der Waals surface area contributed by atoms with Crippen molar-refractivity contribution in [2.24, 2.45) is 5.92 Å². The van der Waals surface area contributed by atoms with Gasteiger partial charge in [0, 0.05) is 30.2 Å². The number of hydrogen-bond donors (Lipinski definition) is 0. The maximum atomic E-state index is 12.0. The summed E-state index contributed by atoms with van der Waals surface area (Å²) in [7, 11) is 0. The summed E-state index contributed by atoms with van der Waals surface area (Å²) in [6, 6.07) is 3.82. The SMILES string of the molecule is O=C1CC2CCN(C2)/C1=C\c1ncccc1Br. The van der Waals surface area contributed by atoms with E-state index in [2.05, 4.69) is 25.8 Å². The first kappa shape index (κ1) is 11.0. The molecule has 2 saturated heterocycles. The van der Waals surface area contributed by atoms with Crippen LogP contribution in [0, 0.1) is 5.92 Å². The van der Waals surface area contributed by atoms with E-state index in [-0.39, 0.29) is 5.78 Å². The van der Waals surface area contributed by atoms with Gasteiger partial charge in [0.15, 0.2) is 5.78 Å². The van der Waals surface area contributed by atoms with Crippen LogP contribution in [0.5, 0.6) is 0 Å². The molecule has 2 aliphatic rings. The van der Waals surface area contributed by atoms with Gasteiger partial charge in [-0.25, -0.2) is 0 Å². The lowest BCUT2D eigenvalue weighted by atomic mass is 9.97. The second kappa shape index (κ2) is 4.26. The van der Waals surface area contributed by atoms with Crippen LogP contribution in [0.4, 0.5) is 0 Å². The molecule has 1 aromatic heterocycles. The molecule has 17 heavy (non-hydrogen) atoms. The van der Waals surface area contributed by atoms with Crippen LogP contribution in [0.2, 0.25) is 0 Å². The maximum absolute atomic E-state index is 12.0. The van der Waals surface area contributed by atoms with E-state index in [0.29, 0.717) is 12.3 Å². The third kappa shape index (κ3) is 2.02. The van der Waals surface area contributed by atoms with Gasteiger partial charge in [0.05, 0.1) is 11.4 Å². The number of halogens is 1. The molecule has 3 rings (SSSR count). The van der Waals surface area contributed by atoms with Crippen LogP contribution < -0.4 is 0 Å². The van der Waals surface area contributed by atoms with Crippen LogP contribution in [0.15, 0.2) is 28.5 Å². The molecule has 1 unspecified atom stereocenters. The number of fused-ring (bicyclic) bond motifs is 2. The Kier molecular flexibility index (Phi) is 2.74. The quantitative estimate of drug-likeness (QED) is 0.746. The fourth-order valence-electron chi connectivity index (χ4n) is 2.57. The van der Waals surface area contributed by atoms with Crippen molar-refractivity contribution in [2.45, 2.75) is 12.8 Å². The van der Waals surface area contributed by atoms with Crippen molar-refractivity contribution in [3.05, 3.63) is 34.2 Å². The average Bonchev–Trinajstić information content (AvgIpc) is 2.70. The molecule has 2 aliphatic heterocycles.